The van der Waals surface area contributed by atoms with Crippen LogP contribution in [-0.2, 0) is 22.7 Å². The number of carbonyl (C=O) groups excluding carboxylic acids is 2. The molecule has 6 aromatic rings. The molecular formula is C41H42N6O4S2. The van der Waals surface area contributed by atoms with Crippen molar-refractivity contribution in [3.8, 4) is 0 Å². The predicted molar refractivity (Wildman–Crippen MR) is 216 cm³/mol. The van der Waals surface area contributed by atoms with E-state index in [-0.39, 0.29) is 47.5 Å². The molecule has 272 valence electrons. The van der Waals surface area contributed by atoms with Gasteiger partial charge in [-0.05, 0) is 93.8 Å². The van der Waals surface area contributed by atoms with Gasteiger partial charge in [-0.2, -0.15) is 0 Å². The summed E-state index contributed by atoms with van der Waals surface area (Å²) in [7, 11) is 0. The molecule has 0 spiro atoms. The standard InChI is InChI=1S/C41H42N6O4S2/c1-5-44(30-16-11-14-28(3)24-30)36(48)26-52-40-42-34-20-9-7-18-32(34)38(50)46(40)22-13-23-47-39(51)33-19-8-10-21-35(33)43-41(47)53-27-37(49)45(6-2)31-17-12-15-29(4)25-31/h7-12,14-21,24-25H,5-6,13,22-23,26-27H2,1-4H3. The molecule has 0 bridgehead atoms. The van der Waals surface area contributed by atoms with Crippen molar-refractivity contribution in [1.29, 1.82) is 0 Å². The Labute approximate surface area is 316 Å². The first kappa shape index (κ1) is 37.6. The van der Waals surface area contributed by atoms with E-state index in [1.807, 2.05) is 88.4 Å². The van der Waals surface area contributed by atoms with Crippen LogP contribution in [0.1, 0.15) is 31.4 Å². The summed E-state index contributed by atoms with van der Waals surface area (Å²) in [5.74, 6) is -0.00307. The molecule has 0 aliphatic rings. The highest BCUT2D eigenvalue weighted by Gasteiger charge is 2.20. The van der Waals surface area contributed by atoms with E-state index in [0.717, 1.165) is 22.5 Å². The molecule has 2 amide bonds. The summed E-state index contributed by atoms with van der Waals surface area (Å²) in [6, 6.07) is 30.0. The first-order valence-electron chi connectivity index (χ1n) is 17.7. The van der Waals surface area contributed by atoms with Crippen LogP contribution in [0, 0.1) is 13.8 Å². The van der Waals surface area contributed by atoms with Crippen LogP contribution in [-0.4, -0.2) is 55.5 Å². The van der Waals surface area contributed by atoms with E-state index in [2.05, 4.69) is 0 Å². The number of hydrogen-bond acceptors (Lipinski definition) is 8. The fourth-order valence-corrected chi connectivity index (χ4v) is 8.11. The summed E-state index contributed by atoms with van der Waals surface area (Å²) in [5, 5.41) is 1.82. The molecule has 0 radical (unpaired) electrons. The van der Waals surface area contributed by atoms with Crippen molar-refractivity contribution >= 4 is 68.5 Å². The highest BCUT2D eigenvalue weighted by atomic mass is 32.2. The van der Waals surface area contributed by atoms with Gasteiger partial charge in [-0.15, -0.1) is 0 Å². The lowest BCUT2D eigenvalue weighted by molar-refractivity contribution is -0.116. The number of thioether (sulfide) groups is 2. The van der Waals surface area contributed by atoms with Gasteiger partial charge in [-0.1, -0.05) is 72.1 Å². The van der Waals surface area contributed by atoms with Gasteiger partial charge in [-0.3, -0.25) is 28.3 Å². The molecule has 0 aliphatic heterocycles. The third kappa shape index (κ3) is 8.55. The van der Waals surface area contributed by atoms with Crippen molar-refractivity contribution < 1.29 is 9.59 Å². The minimum atomic E-state index is -0.212. The molecule has 0 N–H and O–H groups in total. The van der Waals surface area contributed by atoms with Crippen LogP contribution < -0.4 is 20.9 Å². The van der Waals surface area contributed by atoms with Crippen LogP contribution in [0.15, 0.2) is 117 Å². The maximum atomic E-state index is 13.9. The molecule has 0 aliphatic carbocycles. The van der Waals surface area contributed by atoms with Crippen molar-refractivity contribution in [3.05, 3.63) is 129 Å². The van der Waals surface area contributed by atoms with Gasteiger partial charge in [-0.25, -0.2) is 9.97 Å². The average Bonchev–Trinajstić information content (AvgIpc) is 3.15. The van der Waals surface area contributed by atoms with Crippen LogP contribution in [0.4, 0.5) is 11.4 Å². The summed E-state index contributed by atoms with van der Waals surface area (Å²) in [5.41, 5.74) is 4.46. The number of carbonyl (C=O) groups is 2. The first-order chi connectivity index (χ1) is 25.7. The molecule has 0 fully saturated rings. The molecule has 0 saturated heterocycles. The third-order valence-electron chi connectivity index (χ3n) is 8.93. The van der Waals surface area contributed by atoms with Gasteiger partial charge in [0.2, 0.25) is 11.8 Å². The van der Waals surface area contributed by atoms with E-state index < -0.39 is 0 Å². The number of nitrogens with zero attached hydrogens (tertiary/aromatic N) is 6. The maximum absolute atomic E-state index is 13.9. The Morgan fingerprint density at radius 3 is 1.42 bits per heavy atom. The number of aryl methyl sites for hydroxylation is 2. The average molecular weight is 747 g/mol. The third-order valence-corrected chi connectivity index (χ3v) is 10.8. The summed E-state index contributed by atoms with van der Waals surface area (Å²) in [4.78, 5) is 67.8. The highest BCUT2D eigenvalue weighted by molar-refractivity contribution is 8.00. The zero-order valence-corrected chi connectivity index (χ0v) is 32.0. The Bertz CT molecular complexity index is 2240. The van der Waals surface area contributed by atoms with E-state index in [1.54, 1.807) is 55.3 Å². The number of anilines is 2. The molecule has 0 unspecified atom stereocenters. The normalized spacial score (nSPS) is 11.2. The molecule has 12 heteroatoms. The summed E-state index contributed by atoms with van der Waals surface area (Å²) < 4.78 is 3.19. The van der Waals surface area contributed by atoms with E-state index >= 15 is 0 Å². The number of benzene rings is 4. The Kier molecular flexibility index (Phi) is 12.1. The van der Waals surface area contributed by atoms with Gasteiger partial charge < -0.3 is 9.80 Å². The second-order valence-corrected chi connectivity index (χ2v) is 14.5. The van der Waals surface area contributed by atoms with Crippen LogP contribution >= 0.6 is 23.5 Å². The lowest BCUT2D eigenvalue weighted by atomic mass is 10.2. The quantitative estimate of drug-likeness (QED) is 0.0858. The fraction of sp³-hybridized carbons (Fsp3) is 0.268. The molecule has 10 nitrogen and oxygen atoms in total. The van der Waals surface area contributed by atoms with Gasteiger partial charge in [0, 0.05) is 37.6 Å². The van der Waals surface area contributed by atoms with Crippen molar-refractivity contribution in [3.63, 3.8) is 0 Å². The minimum Gasteiger partial charge on any atom is -0.312 e. The minimum absolute atomic E-state index is 0.0900. The van der Waals surface area contributed by atoms with Crippen LogP contribution in [0.3, 0.4) is 0 Å². The Balaban J connectivity index is 1.25. The summed E-state index contributed by atoms with van der Waals surface area (Å²) in [6.45, 7) is 9.36. The monoisotopic (exact) mass is 746 g/mol. The first-order valence-corrected chi connectivity index (χ1v) is 19.6. The topological polar surface area (TPSA) is 110 Å². The molecule has 6 rings (SSSR count). The molecule has 2 aromatic heterocycles. The Hall–Kier alpha value is -5.20. The van der Waals surface area contributed by atoms with Gasteiger partial charge >= 0.3 is 0 Å². The fourth-order valence-electron chi connectivity index (χ4n) is 6.30. The van der Waals surface area contributed by atoms with Crippen molar-refractivity contribution in [2.24, 2.45) is 0 Å². The van der Waals surface area contributed by atoms with E-state index in [9.17, 15) is 19.2 Å². The van der Waals surface area contributed by atoms with Gasteiger partial charge in [0.05, 0.1) is 33.3 Å². The number of amides is 2. The van der Waals surface area contributed by atoms with Gasteiger partial charge in [0.1, 0.15) is 0 Å². The van der Waals surface area contributed by atoms with Crippen molar-refractivity contribution in [1.82, 2.24) is 19.1 Å². The number of para-hydroxylation sites is 2. The van der Waals surface area contributed by atoms with E-state index in [0.29, 0.717) is 51.6 Å². The number of fused-ring (bicyclic) bond motifs is 2. The van der Waals surface area contributed by atoms with Crippen molar-refractivity contribution in [2.45, 2.75) is 57.5 Å². The van der Waals surface area contributed by atoms with Gasteiger partial charge in [0.15, 0.2) is 10.3 Å². The van der Waals surface area contributed by atoms with E-state index in [1.165, 1.54) is 23.5 Å². The van der Waals surface area contributed by atoms with E-state index in [4.69, 9.17) is 9.97 Å². The summed E-state index contributed by atoms with van der Waals surface area (Å²) >= 11 is 2.46. The SMILES string of the molecule is CCN(C(=O)CSc1nc2ccccc2c(=O)n1CCCn1c(SCC(=O)N(CC)c2cccc(C)c2)nc2ccccc2c1=O)c1cccc(C)c1. The lowest BCUT2D eigenvalue weighted by Crippen LogP contribution is -2.33. The second-order valence-electron chi connectivity index (χ2n) is 12.6. The zero-order chi connectivity index (χ0) is 37.5. The zero-order valence-electron chi connectivity index (χ0n) is 30.3. The van der Waals surface area contributed by atoms with Crippen LogP contribution in [0.5, 0.6) is 0 Å². The second kappa shape index (κ2) is 17.1. The number of aromatic nitrogens is 4. The molecular weight excluding hydrogens is 705 g/mol. The Morgan fingerprint density at radius 1 is 0.604 bits per heavy atom. The van der Waals surface area contributed by atoms with Crippen LogP contribution in [0.2, 0.25) is 0 Å². The Morgan fingerprint density at radius 2 is 1.02 bits per heavy atom. The number of hydrogen-bond donors (Lipinski definition) is 0. The summed E-state index contributed by atoms with van der Waals surface area (Å²) in [6.07, 6.45) is 0.400. The van der Waals surface area contributed by atoms with Crippen molar-refractivity contribution in [2.75, 3.05) is 34.4 Å². The molecule has 4 aromatic carbocycles. The molecule has 2 heterocycles. The van der Waals surface area contributed by atoms with Gasteiger partial charge in [0.25, 0.3) is 11.1 Å². The highest BCUT2D eigenvalue weighted by Crippen LogP contribution is 2.24. The molecule has 0 atom stereocenters. The largest absolute Gasteiger partial charge is 0.312 e. The molecule has 53 heavy (non-hydrogen) atoms. The predicted octanol–water partition coefficient (Wildman–Crippen LogP) is 7.10. The smallest absolute Gasteiger partial charge is 0.262 e. The van der Waals surface area contributed by atoms with Crippen LogP contribution in [0.25, 0.3) is 21.8 Å². The number of rotatable bonds is 14. The maximum Gasteiger partial charge on any atom is 0.262 e. The molecule has 0 saturated carbocycles. The lowest BCUT2D eigenvalue weighted by Gasteiger charge is -2.22.